The first-order valence-corrected chi connectivity index (χ1v) is 19.3. The quantitative estimate of drug-likeness (QED) is 0.0556. The fourth-order valence-electron chi connectivity index (χ4n) is 5.23. The molecule has 0 fully saturated rings. The smallest absolute Gasteiger partial charge is 0.294 e. The molecule has 0 saturated heterocycles. The highest BCUT2D eigenvalue weighted by atomic mass is 127. The molecule has 3 N–H and O–H groups in total. The van der Waals surface area contributed by atoms with Crippen LogP contribution in [0, 0.1) is 0 Å². The summed E-state index contributed by atoms with van der Waals surface area (Å²) >= 11 is 3.60. The number of benzene rings is 2. The lowest BCUT2D eigenvalue weighted by molar-refractivity contribution is -0.668. The lowest BCUT2D eigenvalue weighted by atomic mass is 9.83. The molecule has 0 spiro atoms. The van der Waals surface area contributed by atoms with Crippen LogP contribution in [-0.2, 0) is 37.0 Å². The molecule has 10 nitrogen and oxygen atoms in total. The van der Waals surface area contributed by atoms with Crippen LogP contribution < -0.4 is 14.8 Å². The number of hydrogen-bond acceptors (Lipinski definition) is 7. The van der Waals surface area contributed by atoms with Crippen LogP contribution in [-0.4, -0.2) is 55.1 Å². The highest BCUT2D eigenvalue weighted by Crippen LogP contribution is 2.48. The maximum atomic E-state index is 11.9. The summed E-state index contributed by atoms with van der Waals surface area (Å²) < 4.78 is 68.5. The van der Waals surface area contributed by atoms with Crippen molar-refractivity contribution in [3.63, 3.8) is 0 Å². The Labute approximate surface area is 275 Å². The summed E-state index contributed by atoms with van der Waals surface area (Å²) in [5, 5.41) is 3.81. The zero-order valence-corrected chi connectivity index (χ0v) is 28.9. The number of fused-ring (bicyclic) bond motifs is 2. The van der Waals surface area contributed by atoms with Crippen molar-refractivity contribution in [1.82, 2.24) is 5.32 Å². The Hall–Kier alpha value is -2.63. The number of thiazole rings is 1. The number of halogens is 1. The molecule has 1 aliphatic rings. The van der Waals surface area contributed by atoms with Gasteiger partial charge in [-0.2, -0.15) is 21.4 Å². The first-order chi connectivity index (χ1) is 20.7. The fraction of sp³-hybridized carbons (Fsp3) is 0.333. The second-order valence-corrected chi connectivity index (χ2v) is 15.6. The van der Waals surface area contributed by atoms with E-state index in [1.165, 1.54) is 12.1 Å². The summed E-state index contributed by atoms with van der Waals surface area (Å²) in [6, 6.07) is 12.5. The SMILES string of the molecule is CC1(C)/C(=C/C=C/C=C/c2sc3ccccc3[n+]2CCCS(=O)(=O)O)N(CCCNC(=O)CI)c2ccc(S(=O)(=O)O)cc21. The Morgan fingerprint density at radius 3 is 2.52 bits per heavy atom. The number of carbonyl (C=O) groups excluding carboxylic acids is 1. The lowest BCUT2D eigenvalue weighted by Gasteiger charge is -2.27. The molecule has 0 bridgehead atoms. The third-order valence-electron chi connectivity index (χ3n) is 7.30. The number of nitrogens with one attached hydrogen (secondary N) is 1. The number of anilines is 1. The highest BCUT2D eigenvalue weighted by molar-refractivity contribution is 14.1. The zero-order chi connectivity index (χ0) is 32.1. The highest BCUT2D eigenvalue weighted by Gasteiger charge is 2.40. The first kappa shape index (κ1) is 34.2. The van der Waals surface area contributed by atoms with Gasteiger partial charge in [0.15, 0.2) is 6.54 Å². The van der Waals surface area contributed by atoms with Crippen molar-refractivity contribution in [2.75, 3.05) is 28.2 Å². The maximum Gasteiger partial charge on any atom is 0.294 e. The third-order valence-corrected chi connectivity index (χ3v) is 10.8. The Kier molecular flexibility index (Phi) is 11.1. The van der Waals surface area contributed by atoms with Crippen LogP contribution >= 0.6 is 33.9 Å². The van der Waals surface area contributed by atoms with Crippen molar-refractivity contribution >= 4 is 82.1 Å². The van der Waals surface area contributed by atoms with Gasteiger partial charge in [0.1, 0.15) is 4.70 Å². The number of carbonyl (C=O) groups is 1. The summed E-state index contributed by atoms with van der Waals surface area (Å²) in [5.74, 6) is -0.347. The van der Waals surface area contributed by atoms with Crippen molar-refractivity contribution in [2.24, 2.45) is 0 Å². The van der Waals surface area contributed by atoms with Crippen LogP contribution in [0.4, 0.5) is 5.69 Å². The molecular weight excluding hydrogens is 737 g/mol. The summed E-state index contributed by atoms with van der Waals surface area (Å²) in [6.07, 6.45) is 10.6. The van der Waals surface area contributed by atoms with E-state index >= 15 is 0 Å². The molecule has 1 aliphatic heterocycles. The van der Waals surface area contributed by atoms with Crippen molar-refractivity contribution in [2.45, 2.75) is 43.5 Å². The van der Waals surface area contributed by atoms with E-state index in [0.717, 1.165) is 32.2 Å². The first-order valence-electron chi connectivity index (χ1n) is 13.9. The molecule has 1 aromatic heterocycles. The Morgan fingerprint density at radius 2 is 1.82 bits per heavy atom. The number of rotatable bonds is 13. The second-order valence-electron chi connectivity index (χ2n) is 10.8. The predicted molar refractivity (Wildman–Crippen MR) is 182 cm³/mol. The molecule has 2 aromatic carbocycles. The van der Waals surface area contributed by atoms with E-state index < -0.39 is 25.7 Å². The summed E-state index contributed by atoms with van der Waals surface area (Å²) in [5.41, 5.74) is 2.96. The normalized spacial score (nSPS) is 16.0. The summed E-state index contributed by atoms with van der Waals surface area (Å²) in [4.78, 5) is 13.7. The van der Waals surface area contributed by atoms with Crippen LogP contribution in [0.1, 0.15) is 37.3 Å². The van der Waals surface area contributed by atoms with Crippen LogP contribution in [0.15, 0.2) is 77.4 Å². The molecule has 0 aliphatic carbocycles. The van der Waals surface area contributed by atoms with Gasteiger partial charge in [0.05, 0.1) is 15.1 Å². The minimum atomic E-state index is -4.37. The Balaban J connectivity index is 1.60. The predicted octanol–water partition coefficient (Wildman–Crippen LogP) is 4.91. The molecule has 0 radical (unpaired) electrons. The number of nitrogens with zero attached hydrogens (tertiary/aromatic N) is 2. The Bertz CT molecular complexity index is 1850. The van der Waals surface area contributed by atoms with Crippen LogP contribution in [0.2, 0.25) is 0 Å². The van der Waals surface area contributed by atoms with E-state index in [0.29, 0.717) is 30.5 Å². The van der Waals surface area contributed by atoms with E-state index in [1.54, 1.807) is 17.4 Å². The topological polar surface area (TPSA) is 145 Å². The van der Waals surface area contributed by atoms with Crippen LogP contribution in [0.3, 0.4) is 0 Å². The standard InChI is InChI=1S/C30H34IN3O7S3/c1-30(2)23-20-22(44(39,40)41)14-15-24(23)33(17-8-16-32-28(35)21-31)27(30)12-4-3-5-13-29-34(18-9-19-43(36,37)38)25-10-6-7-11-26(25)42-29/h3-7,10-15,20H,8-9,16-19,21H2,1-2H3,(H2-,32,35,36,37,38,39,40,41)/p+1. The van der Waals surface area contributed by atoms with Gasteiger partial charge in [0.2, 0.25) is 11.4 Å². The molecule has 0 unspecified atom stereocenters. The van der Waals surface area contributed by atoms with E-state index in [9.17, 15) is 26.2 Å². The molecule has 1 amide bonds. The van der Waals surface area contributed by atoms with E-state index in [4.69, 9.17) is 4.55 Å². The van der Waals surface area contributed by atoms with Crippen molar-refractivity contribution in [1.29, 1.82) is 0 Å². The largest absolute Gasteiger partial charge is 0.355 e. The molecule has 0 atom stereocenters. The molecule has 236 valence electrons. The van der Waals surface area contributed by atoms with Crippen molar-refractivity contribution in [3.8, 4) is 0 Å². The van der Waals surface area contributed by atoms with Gasteiger partial charge in [-0.25, -0.2) is 0 Å². The zero-order valence-electron chi connectivity index (χ0n) is 24.3. The van der Waals surface area contributed by atoms with Gasteiger partial charge >= 0.3 is 0 Å². The number of para-hydroxylation sites is 1. The monoisotopic (exact) mass is 772 g/mol. The summed E-state index contributed by atoms with van der Waals surface area (Å²) in [6.45, 7) is 5.52. The molecular formula is C30H35IN3O7S3+. The van der Waals surface area contributed by atoms with Gasteiger partial charge < -0.3 is 10.2 Å². The fourth-order valence-corrected chi connectivity index (χ4v) is 7.60. The maximum absolute atomic E-state index is 11.9. The minimum absolute atomic E-state index is 0.0329. The lowest BCUT2D eigenvalue weighted by Crippen LogP contribution is -2.35. The van der Waals surface area contributed by atoms with Gasteiger partial charge in [0.25, 0.3) is 25.2 Å². The average molecular weight is 773 g/mol. The number of aryl methyl sites for hydroxylation is 1. The number of aromatic nitrogens is 1. The van der Waals surface area contributed by atoms with Gasteiger partial charge in [-0.15, -0.1) is 0 Å². The van der Waals surface area contributed by atoms with Crippen molar-refractivity contribution in [3.05, 3.63) is 83.0 Å². The molecule has 2 heterocycles. The average Bonchev–Trinajstić information content (AvgIpc) is 3.40. The van der Waals surface area contributed by atoms with Gasteiger partial charge in [-0.3, -0.25) is 13.9 Å². The molecule has 0 saturated carbocycles. The Morgan fingerprint density at radius 1 is 1.07 bits per heavy atom. The molecule has 44 heavy (non-hydrogen) atoms. The number of amides is 1. The van der Waals surface area contributed by atoms with Gasteiger partial charge in [-0.05, 0) is 42.3 Å². The van der Waals surface area contributed by atoms with E-state index in [1.807, 2.05) is 95.7 Å². The molecule has 14 heteroatoms. The molecule has 3 aromatic rings. The number of alkyl halides is 1. The second kappa shape index (κ2) is 14.2. The number of allylic oxidation sites excluding steroid dienone is 5. The van der Waals surface area contributed by atoms with E-state index in [2.05, 4.69) is 10.2 Å². The van der Waals surface area contributed by atoms with Crippen molar-refractivity contribution < 1.29 is 35.3 Å². The third kappa shape index (κ3) is 8.34. The molecule has 4 rings (SSSR count). The van der Waals surface area contributed by atoms with Gasteiger partial charge in [-0.1, -0.05) is 78.1 Å². The van der Waals surface area contributed by atoms with Crippen LogP contribution in [0.5, 0.6) is 0 Å². The van der Waals surface area contributed by atoms with Crippen LogP contribution in [0.25, 0.3) is 16.3 Å². The summed E-state index contributed by atoms with van der Waals surface area (Å²) in [7, 11) is -8.42. The number of hydrogen-bond donors (Lipinski definition) is 3. The van der Waals surface area contributed by atoms with Gasteiger partial charge in [0, 0.05) is 48.5 Å². The minimum Gasteiger partial charge on any atom is -0.355 e. The van der Waals surface area contributed by atoms with E-state index in [-0.39, 0.29) is 23.0 Å².